The van der Waals surface area contributed by atoms with Crippen molar-refractivity contribution in [1.29, 1.82) is 0 Å². The molecule has 2 aliphatic rings. The van der Waals surface area contributed by atoms with Crippen LogP contribution in [0.25, 0.3) is 0 Å². The number of nitrogens with one attached hydrogen (secondary N) is 2. The Kier molecular flexibility index (Phi) is 3.56. The summed E-state index contributed by atoms with van der Waals surface area (Å²) in [6.45, 7) is 1.97. The highest BCUT2D eigenvalue weighted by molar-refractivity contribution is 6.03. The van der Waals surface area contributed by atoms with E-state index in [2.05, 4.69) is 34.9 Å². The molecule has 118 valence electrons. The number of rotatable bonds is 2. The molecule has 23 heavy (non-hydrogen) atoms. The third kappa shape index (κ3) is 2.61. The lowest BCUT2D eigenvalue weighted by Crippen LogP contribution is -2.38. The SMILES string of the molecule is Cc1cccc2c1C(=O)NC(c1ccc(C3CCCC3)cc1)N2. The van der Waals surface area contributed by atoms with Crippen molar-refractivity contribution in [2.45, 2.75) is 44.7 Å². The first-order chi connectivity index (χ1) is 11.2. The van der Waals surface area contributed by atoms with E-state index < -0.39 is 0 Å². The van der Waals surface area contributed by atoms with Gasteiger partial charge in [-0.05, 0) is 48.4 Å². The molecule has 1 aliphatic heterocycles. The van der Waals surface area contributed by atoms with E-state index in [0.29, 0.717) is 0 Å². The predicted octanol–water partition coefficient (Wildman–Crippen LogP) is 4.51. The van der Waals surface area contributed by atoms with E-state index in [4.69, 9.17) is 0 Å². The average Bonchev–Trinajstić information content (AvgIpc) is 3.09. The minimum atomic E-state index is -0.158. The maximum atomic E-state index is 12.4. The highest BCUT2D eigenvalue weighted by Gasteiger charge is 2.26. The van der Waals surface area contributed by atoms with E-state index in [1.165, 1.54) is 31.2 Å². The van der Waals surface area contributed by atoms with E-state index in [-0.39, 0.29) is 12.1 Å². The minimum absolute atomic E-state index is 0.00159. The Morgan fingerprint density at radius 2 is 1.61 bits per heavy atom. The first-order valence-electron chi connectivity index (χ1n) is 8.49. The summed E-state index contributed by atoms with van der Waals surface area (Å²) in [7, 11) is 0. The number of benzene rings is 2. The minimum Gasteiger partial charge on any atom is -0.361 e. The smallest absolute Gasteiger partial charge is 0.255 e. The maximum absolute atomic E-state index is 12.4. The van der Waals surface area contributed by atoms with Gasteiger partial charge < -0.3 is 10.6 Å². The monoisotopic (exact) mass is 306 g/mol. The number of carbonyl (C=O) groups excluding carboxylic acids is 1. The third-order valence-electron chi connectivity index (χ3n) is 5.17. The van der Waals surface area contributed by atoms with Crippen molar-refractivity contribution in [2.75, 3.05) is 5.32 Å². The van der Waals surface area contributed by atoms with Gasteiger partial charge in [-0.25, -0.2) is 0 Å². The van der Waals surface area contributed by atoms with Gasteiger partial charge in [0.15, 0.2) is 0 Å². The summed E-state index contributed by atoms with van der Waals surface area (Å²) in [5, 5.41) is 6.51. The molecule has 1 aliphatic carbocycles. The molecule has 4 rings (SSSR count). The van der Waals surface area contributed by atoms with Crippen LogP contribution >= 0.6 is 0 Å². The van der Waals surface area contributed by atoms with Crippen LogP contribution < -0.4 is 10.6 Å². The van der Waals surface area contributed by atoms with Crippen LogP contribution in [0.1, 0.15) is 64.8 Å². The van der Waals surface area contributed by atoms with Crippen LogP contribution in [0.2, 0.25) is 0 Å². The van der Waals surface area contributed by atoms with Gasteiger partial charge in [0.05, 0.1) is 5.56 Å². The summed E-state index contributed by atoms with van der Waals surface area (Å²) in [6.07, 6.45) is 5.16. The molecule has 0 bridgehead atoms. The van der Waals surface area contributed by atoms with Gasteiger partial charge in [0, 0.05) is 5.69 Å². The molecule has 2 aromatic rings. The molecule has 3 heteroatoms. The van der Waals surface area contributed by atoms with Crippen molar-refractivity contribution in [3.8, 4) is 0 Å². The maximum Gasteiger partial charge on any atom is 0.255 e. The molecule has 2 aromatic carbocycles. The van der Waals surface area contributed by atoms with Gasteiger partial charge in [-0.1, -0.05) is 49.2 Å². The van der Waals surface area contributed by atoms with E-state index in [1.807, 2.05) is 25.1 Å². The van der Waals surface area contributed by atoms with Crippen LogP contribution in [-0.4, -0.2) is 5.91 Å². The van der Waals surface area contributed by atoms with Crippen molar-refractivity contribution < 1.29 is 4.79 Å². The number of fused-ring (bicyclic) bond motifs is 1. The lowest BCUT2D eigenvalue weighted by Gasteiger charge is -2.29. The van der Waals surface area contributed by atoms with Crippen LogP contribution in [0.4, 0.5) is 5.69 Å². The zero-order chi connectivity index (χ0) is 15.8. The average molecular weight is 306 g/mol. The standard InChI is InChI=1S/C20H22N2O/c1-13-5-4-8-17-18(13)20(23)22-19(21-17)16-11-9-15(10-12-16)14-6-2-3-7-14/h4-5,8-12,14,19,21H,2-3,6-7H2,1H3,(H,22,23). The van der Waals surface area contributed by atoms with Gasteiger partial charge in [-0.3, -0.25) is 4.79 Å². The lowest BCUT2D eigenvalue weighted by molar-refractivity contribution is 0.0935. The summed E-state index contributed by atoms with van der Waals surface area (Å²) in [5.41, 5.74) is 5.21. The van der Waals surface area contributed by atoms with Crippen molar-refractivity contribution in [2.24, 2.45) is 0 Å². The Labute approximate surface area is 137 Å². The largest absolute Gasteiger partial charge is 0.361 e. The fourth-order valence-corrected chi connectivity index (χ4v) is 3.87. The zero-order valence-electron chi connectivity index (χ0n) is 13.4. The molecule has 0 radical (unpaired) electrons. The third-order valence-corrected chi connectivity index (χ3v) is 5.17. The summed E-state index contributed by atoms with van der Waals surface area (Å²) in [4.78, 5) is 12.4. The Balaban J connectivity index is 1.58. The fraction of sp³-hybridized carbons (Fsp3) is 0.350. The fourth-order valence-electron chi connectivity index (χ4n) is 3.87. The number of hydrogen-bond acceptors (Lipinski definition) is 2. The van der Waals surface area contributed by atoms with Crippen molar-refractivity contribution in [1.82, 2.24) is 5.32 Å². The Morgan fingerprint density at radius 1 is 0.913 bits per heavy atom. The Morgan fingerprint density at radius 3 is 2.35 bits per heavy atom. The first kappa shape index (κ1) is 14.3. The van der Waals surface area contributed by atoms with Crippen LogP contribution in [-0.2, 0) is 0 Å². The van der Waals surface area contributed by atoms with Crippen LogP contribution in [0.15, 0.2) is 42.5 Å². The van der Waals surface area contributed by atoms with Crippen molar-refractivity contribution in [3.05, 3.63) is 64.7 Å². The van der Waals surface area contributed by atoms with E-state index >= 15 is 0 Å². The molecule has 0 spiro atoms. The van der Waals surface area contributed by atoms with Gasteiger partial charge in [0.25, 0.3) is 5.91 Å². The normalized spacial score (nSPS) is 20.7. The van der Waals surface area contributed by atoms with E-state index in [1.54, 1.807) is 0 Å². The zero-order valence-corrected chi connectivity index (χ0v) is 13.4. The molecule has 1 saturated carbocycles. The summed E-state index contributed by atoms with van der Waals surface area (Å²) >= 11 is 0. The van der Waals surface area contributed by atoms with Crippen LogP contribution in [0.5, 0.6) is 0 Å². The lowest BCUT2D eigenvalue weighted by atomic mass is 9.95. The molecule has 1 fully saturated rings. The topological polar surface area (TPSA) is 41.1 Å². The van der Waals surface area contributed by atoms with Crippen molar-refractivity contribution >= 4 is 11.6 Å². The van der Waals surface area contributed by atoms with Crippen molar-refractivity contribution in [3.63, 3.8) is 0 Å². The van der Waals surface area contributed by atoms with Crippen LogP contribution in [0.3, 0.4) is 0 Å². The van der Waals surface area contributed by atoms with Gasteiger partial charge in [0.2, 0.25) is 0 Å². The molecule has 2 N–H and O–H groups in total. The highest BCUT2D eigenvalue weighted by Crippen LogP contribution is 2.35. The number of anilines is 1. The number of aryl methyl sites for hydroxylation is 1. The predicted molar refractivity (Wildman–Crippen MR) is 92.7 cm³/mol. The van der Waals surface area contributed by atoms with Gasteiger partial charge in [-0.2, -0.15) is 0 Å². The van der Waals surface area contributed by atoms with Crippen LogP contribution in [0, 0.1) is 6.92 Å². The van der Waals surface area contributed by atoms with E-state index in [9.17, 15) is 4.79 Å². The van der Waals surface area contributed by atoms with Gasteiger partial charge in [-0.15, -0.1) is 0 Å². The molecule has 1 heterocycles. The molecule has 0 saturated heterocycles. The second-order valence-electron chi connectivity index (χ2n) is 6.70. The number of amides is 1. The second-order valence-corrected chi connectivity index (χ2v) is 6.70. The van der Waals surface area contributed by atoms with E-state index in [0.717, 1.165) is 28.3 Å². The van der Waals surface area contributed by atoms with Gasteiger partial charge in [0.1, 0.15) is 6.17 Å². The number of carbonyl (C=O) groups is 1. The highest BCUT2D eigenvalue weighted by atomic mass is 16.2. The molecule has 1 unspecified atom stereocenters. The molecular formula is C20H22N2O. The molecule has 1 amide bonds. The Hall–Kier alpha value is -2.29. The molecular weight excluding hydrogens is 284 g/mol. The number of hydrogen-bond donors (Lipinski definition) is 2. The summed E-state index contributed by atoms with van der Waals surface area (Å²) < 4.78 is 0. The first-order valence-corrected chi connectivity index (χ1v) is 8.49. The quantitative estimate of drug-likeness (QED) is 0.857. The van der Waals surface area contributed by atoms with Gasteiger partial charge >= 0.3 is 0 Å². The molecule has 3 nitrogen and oxygen atoms in total. The second kappa shape index (κ2) is 5.73. The summed E-state index contributed by atoms with van der Waals surface area (Å²) in [6, 6.07) is 14.7. The Bertz CT molecular complexity index is 730. The molecule has 0 aromatic heterocycles. The molecule has 1 atom stereocenters. The summed E-state index contributed by atoms with van der Waals surface area (Å²) in [5.74, 6) is 0.725.